The molecule has 0 radical (unpaired) electrons. The zero-order valence-electron chi connectivity index (χ0n) is 10.3. The van der Waals surface area contributed by atoms with E-state index in [0.29, 0.717) is 17.1 Å². The third-order valence-electron chi connectivity index (χ3n) is 2.45. The number of rotatable bonds is 6. The van der Waals surface area contributed by atoms with Crippen molar-refractivity contribution in [1.29, 1.82) is 0 Å². The molecule has 8 nitrogen and oxygen atoms in total. The number of nitrogens with two attached hydrogens (primary N) is 1. The largest absolute Gasteiger partial charge is 0.465 e. The second-order valence-corrected chi connectivity index (χ2v) is 4.50. The van der Waals surface area contributed by atoms with Crippen molar-refractivity contribution >= 4 is 28.3 Å². The van der Waals surface area contributed by atoms with Gasteiger partial charge in [0.1, 0.15) is 22.7 Å². The van der Waals surface area contributed by atoms with Gasteiger partial charge in [-0.3, -0.25) is 5.10 Å². The van der Waals surface area contributed by atoms with E-state index < -0.39 is 5.97 Å². The molecule has 0 atom stereocenters. The van der Waals surface area contributed by atoms with Gasteiger partial charge in [-0.15, -0.1) is 0 Å². The van der Waals surface area contributed by atoms with E-state index in [1.807, 2.05) is 0 Å². The van der Waals surface area contributed by atoms with E-state index in [1.54, 1.807) is 0 Å². The number of hydrogen-bond donors (Lipinski definition) is 3. The van der Waals surface area contributed by atoms with E-state index in [-0.39, 0.29) is 5.82 Å². The second-order valence-electron chi connectivity index (χ2n) is 3.73. The van der Waals surface area contributed by atoms with Crippen molar-refractivity contribution in [1.82, 2.24) is 19.6 Å². The zero-order chi connectivity index (χ0) is 13.7. The van der Waals surface area contributed by atoms with Crippen LogP contribution in [-0.2, 0) is 11.2 Å². The van der Waals surface area contributed by atoms with Crippen molar-refractivity contribution in [2.24, 2.45) is 0 Å². The molecule has 0 aliphatic carbocycles. The van der Waals surface area contributed by atoms with Crippen LogP contribution in [-0.4, -0.2) is 39.2 Å². The number of carbonyl (C=O) groups is 1. The van der Waals surface area contributed by atoms with Crippen molar-refractivity contribution in [3.8, 4) is 0 Å². The minimum Gasteiger partial charge on any atom is -0.465 e. The summed E-state index contributed by atoms with van der Waals surface area (Å²) < 4.78 is 8.61. The Morgan fingerprint density at radius 1 is 1.63 bits per heavy atom. The van der Waals surface area contributed by atoms with E-state index in [9.17, 15) is 4.79 Å². The number of aryl methyl sites for hydroxylation is 1. The Kier molecular flexibility index (Phi) is 4.29. The fraction of sp³-hybridized carbons (Fsp3) is 0.400. The van der Waals surface area contributed by atoms with Gasteiger partial charge in [0, 0.05) is 13.0 Å². The van der Waals surface area contributed by atoms with E-state index >= 15 is 0 Å². The van der Waals surface area contributed by atoms with Gasteiger partial charge in [-0.05, 0) is 18.0 Å². The Morgan fingerprint density at radius 2 is 2.47 bits per heavy atom. The van der Waals surface area contributed by atoms with Crippen LogP contribution >= 0.6 is 11.5 Å². The Hall–Kier alpha value is -2.16. The molecule has 102 valence electrons. The highest BCUT2D eigenvalue weighted by Crippen LogP contribution is 2.27. The van der Waals surface area contributed by atoms with E-state index in [4.69, 9.17) is 5.73 Å². The Morgan fingerprint density at radius 3 is 3.16 bits per heavy atom. The molecule has 0 unspecified atom stereocenters. The number of ether oxygens (including phenoxy) is 1. The number of nitrogen functional groups attached to an aromatic ring is 1. The highest BCUT2D eigenvalue weighted by molar-refractivity contribution is 7.11. The van der Waals surface area contributed by atoms with E-state index in [0.717, 1.165) is 30.2 Å². The number of aromatic nitrogens is 4. The molecule has 0 spiro atoms. The number of anilines is 2. The predicted octanol–water partition coefficient (Wildman–Crippen LogP) is 0.675. The summed E-state index contributed by atoms with van der Waals surface area (Å²) in [5.41, 5.74) is 5.93. The normalized spacial score (nSPS) is 10.4. The lowest BCUT2D eigenvalue weighted by atomic mass is 10.3. The number of hydrogen-bond acceptors (Lipinski definition) is 8. The van der Waals surface area contributed by atoms with E-state index in [2.05, 4.69) is 29.6 Å². The monoisotopic (exact) mass is 282 g/mol. The summed E-state index contributed by atoms with van der Waals surface area (Å²) in [6.45, 7) is 0.673. The molecule has 9 heteroatoms. The van der Waals surface area contributed by atoms with Crippen LogP contribution in [0.25, 0.3) is 0 Å². The lowest BCUT2D eigenvalue weighted by Crippen LogP contribution is -2.09. The maximum atomic E-state index is 11.5. The molecule has 2 heterocycles. The molecule has 0 aliphatic heterocycles. The van der Waals surface area contributed by atoms with Gasteiger partial charge in [-0.1, -0.05) is 0 Å². The topological polar surface area (TPSA) is 119 Å². The number of nitrogens with one attached hydrogen (secondary N) is 2. The number of nitrogens with zero attached hydrogens (tertiary/aromatic N) is 3. The summed E-state index contributed by atoms with van der Waals surface area (Å²) in [6, 6.07) is 0. The van der Waals surface area contributed by atoms with Crippen LogP contribution in [0.5, 0.6) is 0 Å². The molecule has 0 aliphatic rings. The summed E-state index contributed by atoms with van der Waals surface area (Å²) in [5, 5.41) is 10.3. The van der Waals surface area contributed by atoms with Gasteiger partial charge in [0.05, 0.1) is 7.11 Å². The van der Waals surface area contributed by atoms with Gasteiger partial charge in [0.25, 0.3) is 0 Å². The number of esters is 1. The molecular weight excluding hydrogens is 268 g/mol. The van der Waals surface area contributed by atoms with Gasteiger partial charge in [0.2, 0.25) is 0 Å². The number of H-pyrrole nitrogens is 1. The lowest BCUT2D eigenvalue weighted by Gasteiger charge is -2.05. The first-order valence-electron chi connectivity index (χ1n) is 5.64. The quantitative estimate of drug-likeness (QED) is 0.526. The standard InChI is InChI=1S/C10H14N6O2S/c1-18-10(17)7-8(11)16-19-9(7)12-4-2-3-6-13-5-14-15-6/h5,12H,2-4H2,1H3,(H2,11,16)(H,13,14,15). The van der Waals surface area contributed by atoms with Gasteiger partial charge in [-0.2, -0.15) is 9.47 Å². The summed E-state index contributed by atoms with van der Waals surface area (Å²) in [6.07, 6.45) is 3.09. The van der Waals surface area contributed by atoms with Crippen molar-refractivity contribution in [2.45, 2.75) is 12.8 Å². The zero-order valence-corrected chi connectivity index (χ0v) is 11.2. The van der Waals surface area contributed by atoms with Crippen molar-refractivity contribution < 1.29 is 9.53 Å². The third kappa shape index (κ3) is 3.19. The third-order valence-corrected chi connectivity index (χ3v) is 3.27. The Balaban J connectivity index is 1.87. The van der Waals surface area contributed by atoms with Crippen molar-refractivity contribution in [3.63, 3.8) is 0 Å². The van der Waals surface area contributed by atoms with Crippen LogP contribution in [0.2, 0.25) is 0 Å². The Labute approximate surface area is 113 Å². The molecular formula is C10H14N6O2S. The lowest BCUT2D eigenvalue weighted by molar-refractivity contribution is 0.0603. The average molecular weight is 282 g/mol. The summed E-state index contributed by atoms with van der Waals surface area (Å²) in [7, 11) is 1.31. The minimum absolute atomic E-state index is 0.189. The fourth-order valence-electron chi connectivity index (χ4n) is 1.53. The first-order valence-corrected chi connectivity index (χ1v) is 6.41. The van der Waals surface area contributed by atoms with Crippen molar-refractivity contribution in [3.05, 3.63) is 17.7 Å². The maximum absolute atomic E-state index is 11.5. The van der Waals surface area contributed by atoms with Crippen LogP contribution < -0.4 is 11.1 Å². The summed E-state index contributed by atoms with van der Waals surface area (Å²) >= 11 is 1.15. The second kappa shape index (κ2) is 6.14. The molecule has 4 N–H and O–H groups in total. The molecule has 0 saturated carbocycles. The summed E-state index contributed by atoms with van der Waals surface area (Å²) in [4.78, 5) is 15.6. The number of aromatic amines is 1. The van der Waals surface area contributed by atoms with Gasteiger partial charge >= 0.3 is 5.97 Å². The first-order chi connectivity index (χ1) is 9.22. The van der Waals surface area contributed by atoms with Crippen LogP contribution in [0.4, 0.5) is 10.8 Å². The van der Waals surface area contributed by atoms with Crippen LogP contribution in [0, 0.1) is 0 Å². The molecule has 2 rings (SSSR count). The highest BCUT2D eigenvalue weighted by atomic mass is 32.1. The number of carbonyl (C=O) groups excluding carboxylic acids is 1. The van der Waals surface area contributed by atoms with Crippen LogP contribution in [0.3, 0.4) is 0 Å². The van der Waals surface area contributed by atoms with Crippen LogP contribution in [0.1, 0.15) is 22.6 Å². The number of methoxy groups -OCH3 is 1. The SMILES string of the molecule is COC(=O)c1c(N)nsc1NCCCc1ncn[nH]1. The predicted molar refractivity (Wildman–Crippen MR) is 71.1 cm³/mol. The highest BCUT2D eigenvalue weighted by Gasteiger charge is 2.19. The first kappa shape index (κ1) is 13.3. The minimum atomic E-state index is -0.482. The maximum Gasteiger partial charge on any atom is 0.344 e. The summed E-state index contributed by atoms with van der Waals surface area (Å²) in [5.74, 6) is 0.539. The average Bonchev–Trinajstić information content (AvgIpc) is 3.04. The van der Waals surface area contributed by atoms with Gasteiger partial charge < -0.3 is 15.8 Å². The molecule has 0 fully saturated rings. The molecule has 2 aromatic heterocycles. The smallest absolute Gasteiger partial charge is 0.344 e. The molecule has 19 heavy (non-hydrogen) atoms. The molecule has 0 saturated heterocycles. The molecule has 0 aromatic carbocycles. The molecule has 0 bridgehead atoms. The van der Waals surface area contributed by atoms with Gasteiger partial charge in [0.15, 0.2) is 5.82 Å². The fourth-order valence-corrected chi connectivity index (χ4v) is 2.26. The van der Waals surface area contributed by atoms with Crippen LogP contribution in [0.15, 0.2) is 6.33 Å². The molecule has 0 amide bonds. The van der Waals surface area contributed by atoms with Gasteiger partial charge in [-0.25, -0.2) is 9.78 Å². The van der Waals surface area contributed by atoms with Crippen molar-refractivity contribution in [2.75, 3.05) is 24.7 Å². The Bertz CT molecular complexity index is 538. The van der Waals surface area contributed by atoms with E-state index in [1.165, 1.54) is 13.4 Å². The molecule has 2 aromatic rings.